The van der Waals surface area contributed by atoms with Crippen molar-refractivity contribution in [1.82, 2.24) is 4.90 Å². The molecule has 0 radical (unpaired) electrons. The van der Waals surface area contributed by atoms with Gasteiger partial charge in [-0.2, -0.15) is 0 Å². The number of thioether (sulfide) groups is 1. The molecule has 1 saturated heterocycles. The lowest BCUT2D eigenvalue weighted by Crippen LogP contribution is -2.34. The van der Waals surface area contributed by atoms with E-state index in [2.05, 4.69) is 36.1 Å². The molecule has 0 atom stereocenters. The Morgan fingerprint density at radius 1 is 1.17 bits per heavy atom. The van der Waals surface area contributed by atoms with Crippen LogP contribution < -0.4 is 0 Å². The first-order valence-electron chi connectivity index (χ1n) is 8.39. The van der Waals surface area contributed by atoms with Crippen molar-refractivity contribution in [3.63, 3.8) is 0 Å². The second-order valence-electron chi connectivity index (χ2n) is 6.37. The number of aryl methyl sites for hydroxylation is 1. The van der Waals surface area contributed by atoms with Gasteiger partial charge >= 0.3 is 5.97 Å². The number of rotatable bonds is 5. The number of carbonyl (C=O) groups is 1. The molecule has 1 fully saturated rings. The summed E-state index contributed by atoms with van der Waals surface area (Å²) >= 11 is 1.97. The Kier molecular flexibility index (Phi) is 5.59. The van der Waals surface area contributed by atoms with Gasteiger partial charge in [-0.05, 0) is 56.6 Å². The maximum atomic E-state index is 11.3. The quantitative estimate of drug-likeness (QED) is 0.872. The molecule has 3 rings (SSSR count). The summed E-state index contributed by atoms with van der Waals surface area (Å²) < 4.78 is 0. The first-order chi connectivity index (χ1) is 11.6. The molecule has 0 spiro atoms. The number of carboxylic acid groups (broad SMARTS) is 1. The molecule has 0 bridgehead atoms. The average Bonchev–Trinajstić information content (AvgIpc) is 2.57. The van der Waals surface area contributed by atoms with E-state index in [1.165, 1.54) is 10.5 Å². The number of hydrogen-bond acceptors (Lipinski definition) is 3. The molecule has 2 aromatic rings. The number of carboxylic acids is 1. The van der Waals surface area contributed by atoms with Crippen LogP contribution in [0.5, 0.6) is 0 Å². The van der Waals surface area contributed by atoms with E-state index in [-0.39, 0.29) is 0 Å². The molecule has 24 heavy (non-hydrogen) atoms. The van der Waals surface area contributed by atoms with Crippen molar-refractivity contribution in [3.8, 4) is 0 Å². The van der Waals surface area contributed by atoms with E-state index in [1.54, 1.807) is 12.1 Å². The molecule has 0 amide bonds. The van der Waals surface area contributed by atoms with Crippen LogP contribution in [0.2, 0.25) is 0 Å². The third-order valence-electron chi connectivity index (χ3n) is 4.47. The molecule has 4 heteroatoms. The van der Waals surface area contributed by atoms with Gasteiger partial charge < -0.3 is 5.11 Å². The standard InChI is InChI=1S/C20H23NO2S/c1-15-5-4-7-18(13-15)24-17-9-11-21(12-10-17)14-16-6-2-3-8-19(16)20(22)23/h2-8,13,17H,9-12,14H2,1H3,(H,22,23). The fraction of sp³-hybridized carbons (Fsp3) is 0.350. The molecule has 0 saturated carbocycles. The Morgan fingerprint density at radius 2 is 1.92 bits per heavy atom. The van der Waals surface area contributed by atoms with Crippen LogP contribution in [0, 0.1) is 6.92 Å². The monoisotopic (exact) mass is 341 g/mol. The maximum absolute atomic E-state index is 11.3. The summed E-state index contributed by atoms with van der Waals surface area (Å²) in [6.45, 7) is 4.91. The molecule has 1 aliphatic heterocycles. The molecule has 1 heterocycles. The van der Waals surface area contributed by atoms with Crippen LogP contribution in [0.25, 0.3) is 0 Å². The Morgan fingerprint density at radius 3 is 2.62 bits per heavy atom. The zero-order valence-corrected chi connectivity index (χ0v) is 14.8. The first-order valence-corrected chi connectivity index (χ1v) is 9.26. The van der Waals surface area contributed by atoms with Crippen molar-refractivity contribution in [3.05, 3.63) is 65.2 Å². The summed E-state index contributed by atoms with van der Waals surface area (Å²) in [4.78, 5) is 15.0. The number of likely N-dealkylation sites (tertiary alicyclic amines) is 1. The summed E-state index contributed by atoms with van der Waals surface area (Å²) in [5, 5.41) is 9.95. The van der Waals surface area contributed by atoms with E-state index >= 15 is 0 Å². The van der Waals surface area contributed by atoms with E-state index in [0.29, 0.717) is 10.8 Å². The molecular formula is C20H23NO2S. The summed E-state index contributed by atoms with van der Waals surface area (Å²) in [6.07, 6.45) is 2.29. The highest BCUT2D eigenvalue weighted by atomic mass is 32.2. The van der Waals surface area contributed by atoms with Crippen LogP contribution in [0.4, 0.5) is 0 Å². The van der Waals surface area contributed by atoms with Gasteiger partial charge in [0.05, 0.1) is 5.56 Å². The molecule has 0 unspecified atom stereocenters. The predicted octanol–water partition coefficient (Wildman–Crippen LogP) is 4.45. The Labute approximate surface area is 147 Å². The molecule has 1 N–H and O–H groups in total. The highest BCUT2D eigenvalue weighted by Crippen LogP contribution is 2.31. The van der Waals surface area contributed by atoms with Crippen LogP contribution in [0.1, 0.15) is 34.3 Å². The van der Waals surface area contributed by atoms with E-state index in [4.69, 9.17) is 0 Å². The van der Waals surface area contributed by atoms with Crippen molar-refractivity contribution in [1.29, 1.82) is 0 Å². The van der Waals surface area contributed by atoms with E-state index in [0.717, 1.165) is 38.0 Å². The second kappa shape index (κ2) is 7.86. The van der Waals surface area contributed by atoms with Crippen molar-refractivity contribution in [2.24, 2.45) is 0 Å². The fourth-order valence-corrected chi connectivity index (χ4v) is 4.42. The predicted molar refractivity (Wildman–Crippen MR) is 98.7 cm³/mol. The first kappa shape index (κ1) is 17.1. The lowest BCUT2D eigenvalue weighted by atomic mass is 10.1. The zero-order chi connectivity index (χ0) is 16.9. The highest BCUT2D eigenvalue weighted by molar-refractivity contribution is 8.00. The van der Waals surface area contributed by atoms with Gasteiger partial charge in [-0.15, -0.1) is 11.8 Å². The Bertz CT molecular complexity index is 708. The largest absolute Gasteiger partial charge is 0.478 e. The Hall–Kier alpha value is -1.78. The molecular weight excluding hydrogens is 318 g/mol. The third-order valence-corrected chi connectivity index (χ3v) is 5.80. The molecule has 1 aliphatic rings. The van der Waals surface area contributed by atoms with E-state index in [1.807, 2.05) is 23.9 Å². The molecule has 0 aromatic heterocycles. The SMILES string of the molecule is Cc1cccc(SC2CCN(Cc3ccccc3C(=O)O)CC2)c1. The van der Waals surface area contributed by atoms with Crippen LogP contribution in [0.3, 0.4) is 0 Å². The van der Waals surface area contributed by atoms with E-state index in [9.17, 15) is 9.90 Å². The smallest absolute Gasteiger partial charge is 0.336 e. The highest BCUT2D eigenvalue weighted by Gasteiger charge is 2.21. The van der Waals surface area contributed by atoms with Gasteiger partial charge in [-0.25, -0.2) is 4.79 Å². The number of hydrogen-bond donors (Lipinski definition) is 1. The summed E-state index contributed by atoms with van der Waals surface area (Å²) in [7, 11) is 0. The number of aromatic carboxylic acids is 1. The topological polar surface area (TPSA) is 40.5 Å². The zero-order valence-electron chi connectivity index (χ0n) is 13.9. The van der Waals surface area contributed by atoms with Crippen molar-refractivity contribution in [2.75, 3.05) is 13.1 Å². The lowest BCUT2D eigenvalue weighted by Gasteiger charge is -2.32. The van der Waals surface area contributed by atoms with Crippen LogP contribution in [0.15, 0.2) is 53.4 Å². The van der Waals surface area contributed by atoms with Crippen LogP contribution >= 0.6 is 11.8 Å². The van der Waals surface area contributed by atoms with E-state index < -0.39 is 5.97 Å². The molecule has 2 aromatic carbocycles. The normalized spacial score (nSPS) is 16.2. The minimum Gasteiger partial charge on any atom is -0.478 e. The molecule has 126 valence electrons. The van der Waals surface area contributed by atoms with Gasteiger partial charge in [0.2, 0.25) is 0 Å². The van der Waals surface area contributed by atoms with Crippen LogP contribution in [-0.2, 0) is 6.54 Å². The minimum atomic E-state index is -0.838. The minimum absolute atomic E-state index is 0.425. The number of nitrogens with zero attached hydrogens (tertiary/aromatic N) is 1. The lowest BCUT2D eigenvalue weighted by molar-refractivity contribution is 0.0694. The fourth-order valence-electron chi connectivity index (χ4n) is 3.17. The van der Waals surface area contributed by atoms with Gasteiger partial charge in [-0.3, -0.25) is 4.90 Å². The molecule has 3 nitrogen and oxygen atoms in total. The Balaban J connectivity index is 1.55. The third kappa shape index (κ3) is 4.40. The molecule has 0 aliphatic carbocycles. The van der Waals surface area contributed by atoms with Gasteiger partial charge in [0, 0.05) is 16.7 Å². The van der Waals surface area contributed by atoms with Gasteiger partial charge in [0.1, 0.15) is 0 Å². The van der Waals surface area contributed by atoms with Gasteiger partial charge in [-0.1, -0.05) is 35.9 Å². The average molecular weight is 341 g/mol. The summed E-state index contributed by atoms with van der Waals surface area (Å²) in [6, 6.07) is 16.0. The van der Waals surface area contributed by atoms with Crippen LogP contribution in [-0.4, -0.2) is 34.3 Å². The van der Waals surface area contributed by atoms with Gasteiger partial charge in [0.15, 0.2) is 0 Å². The van der Waals surface area contributed by atoms with Crippen molar-refractivity contribution < 1.29 is 9.90 Å². The number of benzene rings is 2. The van der Waals surface area contributed by atoms with Crippen molar-refractivity contribution >= 4 is 17.7 Å². The van der Waals surface area contributed by atoms with Crippen molar-refractivity contribution in [2.45, 2.75) is 36.5 Å². The van der Waals surface area contributed by atoms with Gasteiger partial charge in [0.25, 0.3) is 0 Å². The number of piperidine rings is 1. The summed E-state index contributed by atoms with van der Waals surface area (Å²) in [5.74, 6) is -0.838. The summed E-state index contributed by atoms with van der Waals surface area (Å²) in [5.41, 5.74) is 2.64. The maximum Gasteiger partial charge on any atom is 0.336 e. The second-order valence-corrected chi connectivity index (χ2v) is 7.75.